The number of carbonyl (C=O) groups excluding carboxylic acids is 1. The van der Waals surface area contributed by atoms with Crippen LogP contribution in [0.5, 0.6) is 0 Å². The van der Waals surface area contributed by atoms with E-state index in [0.29, 0.717) is 29.6 Å². The van der Waals surface area contributed by atoms with E-state index in [1.807, 2.05) is 74.1 Å². The standard InChI is InChI=1S/C26H29N5O2/c1-18(2)16-31-26(33)23-14-8-7-13-22(23)24(29-31)25(32)27-15-9-10-20-17-30(28-19(20)3)21-11-5-4-6-12-21/h4-8,11-14,17-18H,9-10,15-16H2,1-3H3,(H,27,32). The Kier molecular flexibility index (Phi) is 6.68. The maximum absolute atomic E-state index is 13.0. The van der Waals surface area contributed by atoms with E-state index in [0.717, 1.165) is 29.8 Å². The molecule has 0 spiro atoms. The number of fused-ring (bicyclic) bond motifs is 1. The minimum Gasteiger partial charge on any atom is -0.351 e. The fourth-order valence-corrected chi connectivity index (χ4v) is 3.89. The number of carbonyl (C=O) groups is 1. The summed E-state index contributed by atoms with van der Waals surface area (Å²) in [5, 5.41) is 13.1. The van der Waals surface area contributed by atoms with E-state index in [2.05, 4.69) is 15.5 Å². The first-order valence-corrected chi connectivity index (χ1v) is 11.3. The number of nitrogens with zero attached hydrogens (tertiary/aromatic N) is 4. The lowest BCUT2D eigenvalue weighted by atomic mass is 10.1. The number of aromatic nitrogens is 4. The number of benzene rings is 2. The molecule has 0 radical (unpaired) electrons. The van der Waals surface area contributed by atoms with Crippen LogP contribution in [0.4, 0.5) is 0 Å². The van der Waals surface area contributed by atoms with E-state index in [1.165, 1.54) is 4.68 Å². The van der Waals surface area contributed by atoms with Crippen LogP contribution >= 0.6 is 0 Å². The number of amides is 1. The molecule has 33 heavy (non-hydrogen) atoms. The highest BCUT2D eigenvalue weighted by Gasteiger charge is 2.17. The largest absolute Gasteiger partial charge is 0.351 e. The Morgan fingerprint density at radius 1 is 1.00 bits per heavy atom. The van der Waals surface area contributed by atoms with Gasteiger partial charge >= 0.3 is 0 Å². The van der Waals surface area contributed by atoms with Gasteiger partial charge in [-0.2, -0.15) is 10.2 Å². The number of para-hydroxylation sites is 1. The monoisotopic (exact) mass is 443 g/mol. The molecule has 2 heterocycles. The highest BCUT2D eigenvalue weighted by atomic mass is 16.2. The molecule has 4 rings (SSSR count). The van der Waals surface area contributed by atoms with Crippen molar-refractivity contribution in [3.63, 3.8) is 0 Å². The molecule has 1 amide bonds. The van der Waals surface area contributed by atoms with Crippen LogP contribution in [0.3, 0.4) is 0 Å². The van der Waals surface area contributed by atoms with Crippen molar-refractivity contribution >= 4 is 16.7 Å². The second kappa shape index (κ2) is 9.81. The van der Waals surface area contributed by atoms with E-state index in [4.69, 9.17) is 0 Å². The van der Waals surface area contributed by atoms with Crippen LogP contribution in [-0.2, 0) is 13.0 Å². The molecule has 0 saturated heterocycles. The lowest BCUT2D eigenvalue weighted by molar-refractivity contribution is 0.0947. The van der Waals surface area contributed by atoms with Gasteiger partial charge in [-0.3, -0.25) is 9.59 Å². The van der Waals surface area contributed by atoms with Crippen molar-refractivity contribution in [2.75, 3.05) is 6.54 Å². The average Bonchev–Trinajstić information content (AvgIpc) is 3.19. The molecule has 170 valence electrons. The Hall–Kier alpha value is -3.74. The molecule has 7 heteroatoms. The van der Waals surface area contributed by atoms with E-state index in [1.54, 1.807) is 12.1 Å². The van der Waals surface area contributed by atoms with E-state index >= 15 is 0 Å². The third-order valence-corrected chi connectivity index (χ3v) is 5.55. The number of hydrogen-bond acceptors (Lipinski definition) is 4. The number of aryl methyl sites for hydroxylation is 2. The van der Waals surface area contributed by atoms with Gasteiger partial charge in [0.2, 0.25) is 0 Å². The number of nitrogens with one attached hydrogen (secondary N) is 1. The van der Waals surface area contributed by atoms with E-state index in [9.17, 15) is 9.59 Å². The first kappa shape index (κ1) is 22.5. The summed E-state index contributed by atoms with van der Waals surface area (Å²) in [4.78, 5) is 25.7. The summed E-state index contributed by atoms with van der Waals surface area (Å²) >= 11 is 0. The fourth-order valence-electron chi connectivity index (χ4n) is 3.89. The van der Waals surface area contributed by atoms with Gasteiger partial charge < -0.3 is 5.32 Å². The first-order valence-electron chi connectivity index (χ1n) is 11.3. The van der Waals surface area contributed by atoms with Crippen LogP contribution in [0, 0.1) is 12.8 Å². The van der Waals surface area contributed by atoms with Crippen molar-refractivity contribution in [3.8, 4) is 5.69 Å². The van der Waals surface area contributed by atoms with E-state index < -0.39 is 0 Å². The highest BCUT2D eigenvalue weighted by molar-refractivity contribution is 6.04. The van der Waals surface area contributed by atoms with Gasteiger partial charge in [-0.15, -0.1) is 0 Å². The quantitative estimate of drug-likeness (QED) is 0.419. The minimum absolute atomic E-state index is 0.165. The summed E-state index contributed by atoms with van der Waals surface area (Å²) in [6.45, 7) is 7.01. The molecule has 0 atom stereocenters. The molecular weight excluding hydrogens is 414 g/mol. The molecule has 2 aromatic heterocycles. The summed E-state index contributed by atoms with van der Waals surface area (Å²) < 4.78 is 3.29. The van der Waals surface area contributed by atoms with Crippen LogP contribution in [0.2, 0.25) is 0 Å². The lowest BCUT2D eigenvalue weighted by Crippen LogP contribution is -2.32. The van der Waals surface area contributed by atoms with Crippen LogP contribution in [-0.4, -0.2) is 32.0 Å². The zero-order valence-electron chi connectivity index (χ0n) is 19.3. The Labute approximate surface area is 193 Å². The third kappa shape index (κ3) is 5.03. The first-order chi connectivity index (χ1) is 15.9. The maximum atomic E-state index is 13.0. The minimum atomic E-state index is -0.264. The van der Waals surface area contributed by atoms with Crippen molar-refractivity contribution < 1.29 is 4.79 Å². The van der Waals surface area contributed by atoms with E-state index in [-0.39, 0.29) is 17.4 Å². The second-order valence-electron chi connectivity index (χ2n) is 8.65. The molecule has 4 aromatic rings. The van der Waals surface area contributed by atoms with Crippen LogP contribution in [0.25, 0.3) is 16.5 Å². The Bertz CT molecular complexity index is 1320. The normalized spacial score (nSPS) is 11.3. The smallest absolute Gasteiger partial charge is 0.274 e. The SMILES string of the molecule is Cc1nn(-c2ccccc2)cc1CCCNC(=O)c1nn(CC(C)C)c(=O)c2ccccc12. The van der Waals surface area contributed by atoms with Crippen molar-refractivity contribution in [2.45, 2.75) is 40.2 Å². The van der Waals surface area contributed by atoms with Gasteiger partial charge in [0.05, 0.1) is 16.8 Å². The van der Waals surface area contributed by atoms with Crippen molar-refractivity contribution in [1.29, 1.82) is 0 Å². The van der Waals surface area contributed by atoms with Crippen LogP contribution in [0.1, 0.15) is 42.0 Å². The maximum Gasteiger partial charge on any atom is 0.274 e. The number of hydrogen-bond donors (Lipinski definition) is 1. The molecule has 0 aliphatic rings. The molecule has 7 nitrogen and oxygen atoms in total. The molecule has 0 fully saturated rings. The van der Waals surface area contributed by atoms with Gasteiger partial charge in [0.25, 0.3) is 11.5 Å². The summed E-state index contributed by atoms with van der Waals surface area (Å²) in [7, 11) is 0. The zero-order valence-corrected chi connectivity index (χ0v) is 19.3. The van der Waals surface area contributed by atoms with Crippen LogP contribution < -0.4 is 10.9 Å². The van der Waals surface area contributed by atoms with Gasteiger partial charge in [-0.1, -0.05) is 50.2 Å². The van der Waals surface area contributed by atoms with Gasteiger partial charge in [0.15, 0.2) is 5.69 Å². The van der Waals surface area contributed by atoms with Crippen molar-refractivity contribution in [3.05, 3.63) is 88.1 Å². The second-order valence-corrected chi connectivity index (χ2v) is 8.65. The molecular formula is C26H29N5O2. The van der Waals surface area contributed by atoms with Crippen molar-refractivity contribution in [1.82, 2.24) is 24.9 Å². The Balaban J connectivity index is 1.44. The van der Waals surface area contributed by atoms with Crippen molar-refractivity contribution in [2.24, 2.45) is 5.92 Å². The number of rotatable bonds is 8. The Morgan fingerprint density at radius 3 is 2.42 bits per heavy atom. The van der Waals surface area contributed by atoms with Gasteiger partial charge in [-0.05, 0) is 49.4 Å². The molecule has 0 aliphatic heterocycles. The molecule has 0 unspecified atom stereocenters. The Morgan fingerprint density at radius 2 is 1.70 bits per heavy atom. The zero-order chi connectivity index (χ0) is 23.4. The lowest BCUT2D eigenvalue weighted by Gasteiger charge is -2.12. The predicted molar refractivity (Wildman–Crippen MR) is 130 cm³/mol. The summed E-state index contributed by atoms with van der Waals surface area (Å²) in [6, 6.07) is 17.2. The topological polar surface area (TPSA) is 81.8 Å². The van der Waals surface area contributed by atoms with Gasteiger partial charge in [0.1, 0.15) is 0 Å². The fraction of sp³-hybridized carbons (Fsp3) is 0.308. The predicted octanol–water partition coefficient (Wildman–Crippen LogP) is 3.91. The molecule has 2 aromatic carbocycles. The average molecular weight is 444 g/mol. The molecule has 0 bridgehead atoms. The highest BCUT2D eigenvalue weighted by Crippen LogP contribution is 2.15. The third-order valence-electron chi connectivity index (χ3n) is 5.55. The molecule has 0 aliphatic carbocycles. The molecule has 0 saturated carbocycles. The summed E-state index contributed by atoms with van der Waals surface area (Å²) in [5.41, 5.74) is 3.29. The van der Waals surface area contributed by atoms with Gasteiger partial charge in [-0.25, -0.2) is 9.36 Å². The van der Waals surface area contributed by atoms with Gasteiger partial charge in [0, 0.05) is 24.7 Å². The summed E-state index contributed by atoms with van der Waals surface area (Å²) in [6.07, 6.45) is 3.62. The summed E-state index contributed by atoms with van der Waals surface area (Å²) in [5.74, 6) is -0.0206. The van der Waals surface area contributed by atoms with Crippen LogP contribution in [0.15, 0.2) is 65.6 Å². The molecule has 1 N–H and O–H groups in total.